The minimum Gasteiger partial charge on any atom is -0.327 e. The molecule has 0 amide bonds. The summed E-state index contributed by atoms with van der Waals surface area (Å²) in [6, 6.07) is 2.09. The lowest BCUT2D eigenvalue weighted by molar-refractivity contribution is 0.0679. The Bertz CT molecular complexity index is 252. The van der Waals surface area contributed by atoms with Crippen LogP contribution in [-0.4, -0.2) is 41.6 Å². The Balaban J connectivity index is 1.76. The maximum absolute atomic E-state index is 6.46. The second-order valence-electron chi connectivity index (χ2n) is 5.92. The van der Waals surface area contributed by atoms with E-state index >= 15 is 0 Å². The molecule has 16 heavy (non-hydrogen) atoms. The Hall–Kier alpha value is 0.270. The number of piperidine rings is 1. The average molecular weight is 240 g/mol. The van der Waals surface area contributed by atoms with Crippen LogP contribution in [0.2, 0.25) is 0 Å². The summed E-state index contributed by atoms with van der Waals surface area (Å²) < 4.78 is 0. The molecule has 3 aliphatic rings. The minimum atomic E-state index is 0.484. The highest BCUT2D eigenvalue weighted by Crippen LogP contribution is 2.43. The Morgan fingerprint density at radius 2 is 2.12 bits per heavy atom. The van der Waals surface area contributed by atoms with Gasteiger partial charge in [0.1, 0.15) is 0 Å². The fraction of sp³-hybridized carbons (Fsp3) is 1.00. The lowest BCUT2D eigenvalue weighted by Crippen LogP contribution is -2.55. The van der Waals surface area contributed by atoms with Crippen LogP contribution in [0.1, 0.15) is 32.1 Å². The molecule has 3 heterocycles. The molecular formula is C13H24N2S. The van der Waals surface area contributed by atoms with Crippen molar-refractivity contribution in [3.8, 4) is 0 Å². The van der Waals surface area contributed by atoms with Crippen molar-refractivity contribution in [2.45, 2.75) is 50.2 Å². The third-order valence-electron chi connectivity index (χ3n) is 5.12. The van der Waals surface area contributed by atoms with E-state index in [-0.39, 0.29) is 0 Å². The number of hydrogen-bond acceptors (Lipinski definition) is 3. The van der Waals surface area contributed by atoms with Gasteiger partial charge in [-0.3, -0.25) is 0 Å². The van der Waals surface area contributed by atoms with Crippen molar-refractivity contribution < 1.29 is 0 Å². The molecule has 0 aliphatic carbocycles. The molecule has 0 aromatic heterocycles. The summed E-state index contributed by atoms with van der Waals surface area (Å²) in [7, 11) is 2.33. The quantitative estimate of drug-likeness (QED) is 0.759. The molecule has 0 saturated carbocycles. The van der Waals surface area contributed by atoms with Crippen molar-refractivity contribution in [1.82, 2.24) is 4.90 Å². The van der Waals surface area contributed by atoms with Gasteiger partial charge in [-0.2, -0.15) is 11.8 Å². The summed E-state index contributed by atoms with van der Waals surface area (Å²) >= 11 is 2.15. The van der Waals surface area contributed by atoms with Gasteiger partial charge in [0.25, 0.3) is 0 Å². The summed E-state index contributed by atoms with van der Waals surface area (Å²) in [5.41, 5.74) is 6.46. The molecule has 5 atom stereocenters. The van der Waals surface area contributed by atoms with Gasteiger partial charge in [-0.15, -0.1) is 0 Å². The SMILES string of the molecule is CN1C2CCC1C(C1CCCSC1)C(N)C2. The summed E-state index contributed by atoms with van der Waals surface area (Å²) in [6.07, 6.45) is 6.89. The van der Waals surface area contributed by atoms with E-state index in [0.29, 0.717) is 6.04 Å². The summed E-state index contributed by atoms with van der Waals surface area (Å²) in [6.45, 7) is 0. The van der Waals surface area contributed by atoms with E-state index in [1.165, 1.54) is 43.6 Å². The second-order valence-corrected chi connectivity index (χ2v) is 7.07. The fourth-order valence-electron chi connectivity index (χ4n) is 4.28. The first-order chi connectivity index (χ1) is 7.77. The van der Waals surface area contributed by atoms with Crippen molar-refractivity contribution in [3.63, 3.8) is 0 Å². The van der Waals surface area contributed by atoms with E-state index in [9.17, 15) is 0 Å². The normalized spacial score (nSPS) is 49.5. The molecule has 0 aromatic carbocycles. The molecule has 3 fully saturated rings. The Morgan fingerprint density at radius 1 is 1.25 bits per heavy atom. The lowest BCUT2D eigenvalue weighted by atomic mass is 9.76. The molecule has 92 valence electrons. The monoisotopic (exact) mass is 240 g/mol. The number of rotatable bonds is 1. The zero-order valence-electron chi connectivity index (χ0n) is 10.3. The first kappa shape index (κ1) is 11.4. The molecule has 3 rings (SSSR count). The largest absolute Gasteiger partial charge is 0.327 e. The molecule has 2 bridgehead atoms. The molecule has 2 N–H and O–H groups in total. The number of nitrogens with zero attached hydrogens (tertiary/aromatic N) is 1. The molecule has 2 nitrogen and oxygen atoms in total. The topological polar surface area (TPSA) is 29.3 Å². The van der Waals surface area contributed by atoms with Crippen LogP contribution in [0.5, 0.6) is 0 Å². The molecule has 0 spiro atoms. The van der Waals surface area contributed by atoms with Gasteiger partial charge in [0.2, 0.25) is 0 Å². The van der Waals surface area contributed by atoms with Crippen LogP contribution in [0, 0.1) is 11.8 Å². The van der Waals surface area contributed by atoms with Crippen LogP contribution >= 0.6 is 11.8 Å². The predicted octanol–water partition coefficient (Wildman–Crippen LogP) is 1.94. The number of thioether (sulfide) groups is 1. The third-order valence-corrected chi connectivity index (χ3v) is 6.36. The zero-order chi connectivity index (χ0) is 11.1. The van der Waals surface area contributed by atoms with Crippen molar-refractivity contribution in [3.05, 3.63) is 0 Å². The maximum atomic E-state index is 6.46. The van der Waals surface area contributed by atoms with E-state index < -0.39 is 0 Å². The van der Waals surface area contributed by atoms with Crippen LogP contribution in [0.15, 0.2) is 0 Å². The average Bonchev–Trinajstić information content (AvgIpc) is 2.56. The van der Waals surface area contributed by atoms with E-state index in [1.807, 2.05) is 0 Å². The highest BCUT2D eigenvalue weighted by Gasteiger charge is 2.46. The lowest BCUT2D eigenvalue weighted by Gasteiger charge is -2.46. The highest BCUT2D eigenvalue weighted by atomic mass is 32.2. The fourth-order valence-corrected chi connectivity index (χ4v) is 5.51. The molecule has 0 aromatic rings. The predicted molar refractivity (Wildman–Crippen MR) is 70.7 cm³/mol. The standard InChI is InChI=1S/C13H24N2S/c1-15-10-4-5-12(15)13(11(14)7-10)9-3-2-6-16-8-9/h9-13H,2-8,14H2,1H3. The van der Waals surface area contributed by atoms with Gasteiger partial charge < -0.3 is 10.6 Å². The van der Waals surface area contributed by atoms with Gasteiger partial charge >= 0.3 is 0 Å². The molecule has 3 heteroatoms. The van der Waals surface area contributed by atoms with Crippen LogP contribution in [0.3, 0.4) is 0 Å². The van der Waals surface area contributed by atoms with Crippen molar-refractivity contribution in [1.29, 1.82) is 0 Å². The van der Waals surface area contributed by atoms with Crippen LogP contribution in [0.25, 0.3) is 0 Å². The van der Waals surface area contributed by atoms with Gasteiger partial charge in [0.15, 0.2) is 0 Å². The van der Waals surface area contributed by atoms with Gasteiger partial charge in [0.05, 0.1) is 0 Å². The number of fused-ring (bicyclic) bond motifs is 2. The minimum absolute atomic E-state index is 0.484. The number of hydrogen-bond donors (Lipinski definition) is 1. The zero-order valence-corrected chi connectivity index (χ0v) is 11.1. The van der Waals surface area contributed by atoms with Crippen LogP contribution in [-0.2, 0) is 0 Å². The first-order valence-electron chi connectivity index (χ1n) is 6.82. The summed E-state index contributed by atoms with van der Waals surface area (Å²) in [5.74, 6) is 4.44. The van der Waals surface area contributed by atoms with Gasteiger partial charge in [-0.1, -0.05) is 0 Å². The Kier molecular flexibility index (Phi) is 3.20. The van der Waals surface area contributed by atoms with Crippen molar-refractivity contribution in [2.75, 3.05) is 18.6 Å². The summed E-state index contributed by atoms with van der Waals surface area (Å²) in [4.78, 5) is 2.65. The van der Waals surface area contributed by atoms with E-state index in [1.54, 1.807) is 0 Å². The molecular weight excluding hydrogens is 216 g/mol. The van der Waals surface area contributed by atoms with Crippen molar-refractivity contribution >= 4 is 11.8 Å². The van der Waals surface area contributed by atoms with Gasteiger partial charge in [0, 0.05) is 18.1 Å². The van der Waals surface area contributed by atoms with E-state index in [2.05, 4.69) is 23.7 Å². The molecule has 5 unspecified atom stereocenters. The molecule has 3 saturated heterocycles. The van der Waals surface area contributed by atoms with Gasteiger partial charge in [-0.25, -0.2) is 0 Å². The van der Waals surface area contributed by atoms with E-state index in [0.717, 1.165) is 23.9 Å². The molecule has 0 radical (unpaired) electrons. The van der Waals surface area contributed by atoms with Gasteiger partial charge in [-0.05, 0) is 62.5 Å². The second kappa shape index (κ2) is 4.51. The highest BCUT2D eigenvalue weighted by molar-refractivity contribution is 7.99. The number of nitrogens with two attached hydrogens (primary N) is 1. The third kappa shape index (κ3) is 1.81. The first-order valence-corrected chi connectivity index (χ1v) is 7.98. The smallest absolute Gasteiger partial charge is 0.0142 e. The van der Waals surface area contributed by atoms with Crippen LogP contribution in [0.4, 0.5) is 0 Å². The van der Waals surface area contributed by atoms with E-state index in [4.69, 9.17) is 5.73 Å². The molecule has 3 aliphatic heterocycles. The van der Waals surface area contributed by atoms with Crippen LogP contribution < -0.4 is 5.73 Å². The Labute approximate surface area is 103 Å². The Morgan fingerprint density at radius 3 is 2.88 bits per heavy atom. The maximum Gasteiger partial charge on any atom is 0.0142 e. The van der Waals surface area contributed by atoms with Crippen molar-refractivity contribution in [2.24, 2.45) is 17.6 Å². The summed E-state index contributed by atoms with van der Waals surface area (Å²) in [5, 5.41) is 0.